The summed E-state index contributed by atoms with van der Waals surface area (Å²) < 4.78 is 0. The maximum Gasteiger partial charge on any atom is 0.156 e. The lowest BCUT2D eigenvalue weighted by Crippen LogP contribution is -1.87. The van der Waals surface area contributed by atoms with Gasteiger partial charge >= 0.3 is 0 Å². The molecule has 1 N–H and O–H groups in total. The number of benzene rings is 1. The summed E-state index contributed by atoms with van der Waals surface area (Å²) in [4.78, 5) is 11.7. The van der Waals surface area contributed by atoms with E-state index in [-0.39, 0.29) is 0 Å². The molecule has 3 aromatic rings. The second-order valence-corrected chi connectivity index (χ2v) is 4.81. The Bertz CT molecular complexity index is 734. The van der Waals surface area contributed by atoms with Crippen LogP contribution in [0.5, 0.6) is 0 Å². The normalized spacial score (nSPS) is 11.1. The zero-order valence-electron chi connectivity index (χ0n) is 9.54. The minimum atomic E-state index is 0.436. The summed E-state index contributed by atoms with van der Waals surface area (Å²) >= 11 is 12.1. The van der Waals surface area contributed by atoms with Crippen molar-refractivity contribution in [3.05, 3.63) is 46.3 Å². The molecule has 0 aliphatic rings. The summed E-state index contributed by atoms with van der Waals surface area (Å²) in [5.41, 5.74) is 3.48. The Labute approximate surface area is 114 Å². The average Bonchev–Trinajstić information content (AvgIpc) is 2.73. The van der Waals surface area contributed by atoms with Gasteiger partial charge in [0.15, 0.2) is 5.15 Å². The topological polar surface area (TPSA) is 41.6 Å². The van der Waals surface area contributed by atoms with E-state index < -0.39 is 0 Å². The average molecular weight is 278 g/mol. The predicted molar refractivity (Wildman–Crippen MR) is 74.1 cm³/mol. The molecule has 0 atom stereocenters. The molecule has 3 nitrogen and oxygen atoms in total. The van der Waals surface area contributed by atoms with E-state index in [1.807, 2.05) is 37.3 Å². The highest BCUT2D eigenvalue weighted by Gasteiger charge is 2.09. The Morgan fingerprint density at radius 2 is 1.94 bits per heavy atom. The van der Waals surface area contributed by atoms with Crippen molar-refractivity contribution in [3.63, 3.8) is 0 Å². The van der Waals surface area contributed by atoms with E-state index in [0.29, 0.717) is 16.0 Å². The van der Waals surface area contributed by atoms with Crippen LogP contribution in [0.4, 0.5) is 0 Å². The highest BCUT2D eigenvalue weighted by atomic mass is 35.5. The number of aryl methyl sites for hydroxylation is 1. The number of fused-ring (bicyclic) bond motifs is 1. The largest absolute Gasteiger partial charge is 0.351 e. The number of aromatic nitrogens is 3. The van der Waals surface area contributed by atoms with Crippen molar-refractivity contribution in [2.24, 2.45) is 0 Å². The molecular weight excluding hydrogens is 269 g/mol. The Hall–Kier alpha value is -1.58. The number of hydrogen-bond donors (Lipinski definition) is 1. The molecule has 0 radical (unpaired) electrons. The first-order valence-corrected chi connectivity index (χ1v) is 6.18. The number of aromatic amines is 1. The molecule has 0 bridgehead atoms. The van der Waals surface area contributed by atoms with Gasteiger partial charge in [0, 0.05) is 10.7 Å². The molecule has 0 saturated heterocycles. The lowest BCUT2D eigenvalue weighted by molar-refractivity contribution is 1.09. The van der Waals surface area contributed by atoms with Crippen LogP contribution in [0.15, 0.2) is 30.3 Å². The molecule has 2 heterocycles. The molecule has 3 rings (SSSR count). The van der Waals surface area contributed by atoms with E-state index in [1.165, 1.54) is 0 Å². The highest BCUT2D eigenvalue weighted by molar-refractivity contribution is 6.33. The fourth-order valence-corrected chi connectivity index (χ4v) is 2.35. The Kier molecular flexibility index (Phi) is 2.73. The van der Waals surface area contributed by atoms with Crippen molar-refractivity contribution in [2.75, 3.05) is 0 Å². The van der Waals surface area contributed by atoms with Gasteiger partial charge in [0.2, 0.25) is 0 Å². The molecule has 1 aromatic carbocycles. The zero-order valence-corrected chi connectivity index (χ0v) is 11.0. The van der Waals surface area contributed by atoms with Crippen LogP contribution in [0.1, 0.15) is 5.82 Å². The minimum absolute atomic E-state index is 0.436. The van der Waals surface area contributed by atoms with Crippen molar-refractivity contribution in [1.29, 1.82) is 0 Å². The van der Waals surface area contributed by atoms with Crippen LogP contribution in [0.25, 0.3) is 22.3 Å². The SMILES string of the molecule is Cc1nc(Cl)c2[nH]c(-c3cccc(Cl)c3)cc2n1. The van der Waals surface area contributed by atoms with Crippen molar-refractivity contribution in [3.8, 4) is 11.3 Å². The summed E-state index contributed by atoms with van der Waals surface area (Å²) in [6.07, 6.45) is 0. The summed E-state index contributed by atoms with van der Waals surface area (Å²) in [5, 5.41) is 1.13. The summed E-state index contributed by atoms with van der Waals surface area (Å²) in [6, 6.07) is 9.55. The third kappa shape index (κ3) is 1.96. The lowest BCUT2D eigenvalue weighted by Gasteiger charge is -1.97. The Morgan fingerprint density at radius 3 is 2.72 bits per heavy atom. The van der Waals surface area contributed by atoms with Gasteiger partial charge in [-0.1, -0.05) is 35.3 Å². The first-order valence-electron chi connectivity index (χ1n) is 5.42. The van der Waals surface area contributed by atoms with Crippen LogP contribution >= 0.6 is 23.2 Å². The molecule has 0 aliphatic heterocycles. The van der Waals surface area contributed by atoms with Crippen LogP contribution in [-0.4, -0.2) is 15.0 Å². The molecule has 0 unspecified atom stereocenters. The van der Waals surface area contributed by atoms with Crippen molar-refractivity contribution < 1.29 is 0 Å². The van der Waals surface area contributed by atoms with Crippen LogP contribution in [0, 0.1) is 6.92 Å². The van der Waals surface area contributed by atoms with E-state index in [4.69, 9.17) is 23.2 Å². The zero-order chi connectivity index (χ0) is 12.7. The fraction of sp³-hybridized carbons (Fsp3) is 0.0769. The van der Waals surface area contributed by atoms with Gasteiger partial charge < -0.3 is 4.98 Å². The molecule has 18 heavy (non-hydrogen) atoms. The monoisotopic (exact) mass is 277 g/mol. The van der Waals surface area contributed by atoms with Crippen molar-refractivity contribution in [2.45, 2.75) is 6.92 Å². The summed E-state index contributed by atoms with van der Waals surface area (Å²) in [7, 11) is 0. The number of H-pyrrole nitrogens is 1. The number of nitrogens with one attached hydrogen (secondary N) is 1. The van der Waals surface area contributed by atoms with E-state index in [2.05, 4.69) is 15.0 Å². The number of halogens is 2. The molecule has 0 amide bonds. The number of hydrogen-bond acceptors (Lipinski definition) is 2. The molecule has 0 fully saturated rings. The standard InChI is InChI=1S/C13H9Cl2N3/c1-7-16-11-6-10(18-12(11)13(15)17-7)8-3-2-4-9(14)5-8/h2-6,18H,1H3. The van der Waals surface area contributed by atoms with E-state index >= 15 is 0 Å². The Morgan fingerprint density at radius 1 is 1.11 bits per heavy atom. The van der Waals surface area contributed by atoms with Gasteiger partial charge in [-0.2, -0.15) is 0 Å². The van der Waals surface area contributed by atoms with Crippen LogP contribution in [-0.2, 0) is 0 Å². The Balaban J connectivity index is 2.22. The second-order valence-electron chi connectivity index (χ2n) is 4.02. The van der Waals surface area contributed by atoms with Gasteiger partial charge in [0.25, 0.3) is 0 Å². The second kappa shape index (κ2) is 4.26. The lowest BCUT2D eigenvalue weighted by atomic mass is 10.1. The third-order valence-corrected chi connectivity index (χ3v) is 3.19. The molecule has 0 aliphatic carbocycles. The smallest absolute Gasteiger partial charge is 0.156 e. The molecule has 5 heteroatoms. The van der Waals surface area contributed by atoms with E-state index in [0.717, 1.165) is 22.3 Å². The number of nitrogens with zero attached hydrogens (tertiary/aromatic N) is 2. The van der Waals surface area contributed by atoms with Crippen molar-refractivity contribution in [1.82, 2.24) is 15.0 Å². The minimum Gasteiger partial charge on any atom is -0.351 e. The first-order chi connectivity index (χ1) is 8.63. The van der Waals surface area contributed by atoms with Gasteiger partial charge in [-0.05, 0) is 30.7 Å². The van der Waals surface area contributed by atoms with Crippen LogP contribution in [0.3, 0.4) is 0 Å². The summed E-state index contributed by atoms with van der Waals surface area (Å²) in [6.45, 7) is 1.82. The number of rotatable bonds is 1. The van der Waals surface area contributed by atoms with E-state index in [9.17, 15) is 0 Å². The third-order valence-electron chi connectivity index (χ3n) is 2.68. The molecule has 0 saturated carbocycles. The van der Waals surface area contributed by atoms with Gasteiger partial charge in [-0.25, -0.2) is 9.97 Å². The van der Waals surface area contributed by atoms with E-state index in [1.54, 1.807) is 0 Å². The molecule has 90 valence electrons. The highest BCUT2D eigenvalue weighted by Crippen LogP contribution is 2.27. The van der Waals surface area contributed by atoms with Crippen LogP contribution in [0.2, 0.25) is 10.2 Å². The van der Waals surface area contributed by atoms with Crippen molar-refractivity contribution >= 4 is 34.2 Å². The maximum atomic E-state index is 6.09. The maximum absolute atomic E-state index is 6.09. The van der Waals surface area contributed by atoms with Gasteiger partial charge in [-0.15, -0.1) is 0 Å². The quantitative estimate of drug-likeness (QED) is 0.676. The van der Waals surface area contributed by atoms with Gasteiger partial charge in [-0.3, -0.25) is 0 Å². The molecule has 0 spiro atoms. The molecule has 2 aromatic heterocycles. The van der Waals surface area contributed by atoms with Gasteiger partial charge in [0.1, 0.15) is 11.3 Å². The first kappa shape index (κ1) is 11.5. The fourth-order valence-electron chi connectivity index (χ4n) is 1.90. The van der Waals surface area contributed by atoms with Crippen LogP contribution < -0.4 is 0 Å². The van der Waals surface area contributed by atoms with Gasteiger partial charge in [0.05, 0.1) is 5.52 Å². The summed E-state index contributed by atoms with van der Waals surface area (Å²) in [5.74, 6) is 0.657. The molecular formula is C13H9Cl2N3. The predicted octanol–water partition coefficient (Wildman–Crippen LogP) is 4.24.